The average Bonchev–Trinajstić information content (AvgIpc) is 2.31. The third kappa shape index (κ3) is 5.72. The summed E-state index contributed by atoms with van der Waals surface area (Å²) in [5.41, 5.74) is 0.681. The Bertz CT molecular complexity index is 453. The Kier molecular flexibility index (Phi) is 6.49. The second-order valence-corrected chi connectivity index (χ2v) is 5.62. The smallest absolute Gasteiger partial charge is 0.318 e. The quantitative estimate of drug-likeness (QED) is 0.840. The van der Waals surface area contributed by atoms with Gasteiger partial charge in [-0.1, -0.05) is 34.8 Å². The van der Waals surface area contributed by atoms with Crippen molar-refractivity contribution in [3.05, 3.63) is 39.9 Å². The molecule has 0 aromatic heterocycles. The molecule has 0 fully saturated rings. The highest BCUT2D eigenvalue weighted by Crippen LogP contribution is 2.15. The molecule has 0 bridgehead atoms. The van der Waals surface area contributed by atoms with Gasteiger partial charge >= 0.3 is 6.03 Å². The SMILES string of the molecule is CC(C)N(CC=C(Cl)Cl)C(=O)Nc1ccc(Cl)cc1. The number of carbonyl (C=O) groups excluding carboxylic acids is 1. The van der Waals surface area contributed by atoms with Crippen LogP contribution in [-0.2, 0) is 0 Å². The minimum Gasteiger partial charge on any atom is -0.318 e. The van der Waals surface area contributed by atoms with Gasteiger partial charge in [0, 0.05) is 23.3 Å². The molecule has 0 spiro atoms. The van der Waals surface area contributed by atoms with Gasteiger partial charge in [-0.15, -0.1) is 0 Å². The summed E-state index contributed by atoms with van der Waals surface area (Å²) in [7, 11) is 0. The zero-order chi connectivity index (χ0) is 14.4. The molecular weight excluding hydrogens is 307 g/mol. The normalized spacial score (nSPS) is 10.2. The molecular formula is C13H15Cl3N2O. The maximum Gasteiger partial charge on any atom is 0.322 e. The summed E-state index contributed by atoms with van der Waals surface area (Å²) < 4.78 is 0.143. The van der Waals surface area contributed by atoms with E-state index in [1.54, 1.807) is 35.2 Å². The van der Waals surface area contributed by atoms with Gasteiger partial charge < -0.3 is 10.2 Å². The van der Waals surface area contributed by atoms with Crippen LogP contribution >= 0.6 is 34.8 Å². The lowest BCUT2D eigenvalue weighted by Crippen LogP contribution is -2.40. The number of urea groups is 1. The molecule has 0 heterocycles. The third-order valence-electron chi connectivity index (χ3n) is 2.42. The van der Waals surface area contributed by atoms with E-state index in [1.165, 1.54) is 0 Å². The van der Waals surface area contributed by atoms with Gasteiger partial charge in [0.05, 0.1) is 0 Å². The number of hydrogen-bond acceptors (Lipinski definition) is 1. The Morgan fingerprint density at radius 2 is 1.89 bits per heavy atom. The number of benzene rings is 1. The summed E-state index contributed by atoms with van der Waals surface area (Å²) in [6.45, 7) is 4.17. The lowest BCUT2D eigenvalue weighted by atomic mass is 10.3. The van der Waals surface area contributed by atoms with Crippen molar-refractivity contribution in [1.82, 2.24) is 4.90 Å². The number of anilines is 1. The Hall–Kier alpha value is -0.900. The topological polar surface area (TPSA) is 32.3 Å². The van der Waals surface area contributed by atoms with Gasteiger partial charge in [-0.2, -0.15) is 0 Å². The molecule has 1 rings (SSSR count). The van der Waals surface area contributed by atoms with Gasteiger partial charge in [-0.25, -0.2) is 4.79 Å². The molecule has 0 saturated carbocycles. The number of carbonyl (C=O) groups is 1. The molecule has 0 radical (unpaired) electrons. The Balaban J connectivity index is 2.72. The van der Waals surface area contributed by atoms with E-state index >= 15 is 0 Å². The second kappa shape index (κ2) is 7.63. The van der Waals surface area contributed by atoms with Crippen molar-refractivity contribution < 1.29 is 4.79 Å². The van der Waals surface area contributed by atoms with Crippen LogP contribution in [0, 0.1) is 0 Å². The summed E-state index contributed by atoms with van der Waals surface area (Å²) in [6, 6.07) is 6.71. The van der Waals surface area contributed by atoms with Crippen LogP contribution in [0.2, 0.25) is 5.02 Å². The molecule has 3 nitrogen and oxygen atoms in total. The van der Waals surface area contributed by atoms with Crippen LogP contribution in [0.4, 0.5) is 10.5 Å². The molecule has 0 aliphatic heterocycles. The summed E-state index contributed by atoms with van der Waals surface area (Å²) in [5.74, 6) is 0. The third-order valence-corrected chi connectivity index (χ3v) is 2.98. The number of nitrogens with one attached hydrogen (secondary N) is 1. The van der Waals surface area contributed by atoms with E-state index in [2.05, 4.69) is 5.32 Å². The maximum absolute atomic E-state index is 12.1. The predicted octanol–water partition coefficient (Wildman–Crippen LogP) is 4.90. The zero-order valence-corrected chi connectivity index (χ0v) is 12.9. The van der Waals surface area contributed by atoms with Crippen molar-refractivity contribution in [2.75, 3.05) is 11.9 Å². The molecule has 19 heavy (non-hydrogen) atoms. The number of hydrogen-bond donors (Lipinski definition) is 1. The maximum atomic E-state index is 12.1. The first-order valence-electron chi connectivity index (χ1n) is 5.74. The van der Waals surface area contributed by atoms with Crippen molar-refractivity contribution in [2.45, 2.75) is 19.9 Å². The van der Waals surface area contributed by atoms with E-state index in [1.807, 2.05) is 13.8 Å². The van der Waals surface area contributed by atoms with E-state index in [4.69, 9.17) is 34.8 Å². The van der Waals surface area contributed by atoms with E-state index in [0.29, 0.717) is 17.3 Å². The van der Waals surface area contributed by atoms with Crippen molar-refractivity contribution in [2.24, 2.45) is 0 Å². The van der Waals surface area contributed by atoms with Crippen LogP contribution in [0.15, 0.2) is 34.8 Å². The number of amides is 2. The standard InChI is InChI=1S/C13H15Cl3N2O/c1-9(2)18(8-7-12(15)16)13(19)17-11-5-3-10(14)4-6-11/h3-7,9H,8H2,1-2H3,(H,17,19). The van der Waals surface area contributed by atoms with Crippen molar-refractivity contribution in [1.29, 1.82) is 0 Å². The second-order valence-electron chi connectivity index (χ2n) is 4.18. The minimum absolute atomic E-state index is 0.0243. The summed E-state index contributed by atoms with van der Waals surface area (Å²) in [5, 5.41) is 3.41. The summed E-state index contributed by atoms with van der Waals surface area (Å²) in [4.78, 5) is 13.7. The molecule has 104 valence electrons. The van der Waals surface area contributed by atoms with Gasteiger partial charge in [-0.3, -0.25) is 0 Å². The molecule has 2 amide bonds. The van der Waals surface area contributed by atoms with Gasteiger partial charge in [0.25, 0.3) is 0 Å². The van der Waals surface area contributed by atoms with Crippen molar-refractivity contribution in [3.63, 3.8) is 0 Å². The van der Waals surface area contributed by atoms with Gasteiger partial charge in [0.15, 0.2) is 0 Å². The molecule has 0 aliphatic rings. The van der Waals surface area contributed by atoms with Gasteiger partial charge in [0.1, 0.15) is 4.49 Å². The van der Waals surface area contributed by atoms with Crippen LogP contribution in [-0.4, -0.2) is 23.5 Å². The lowest BCUT2D eigenvalue weighted by Gasteiger charge is -2.25. The highest BCUT2D eigenvalue weighted by atomic mass is 35.5. The molecule has 0 atom stereocenters. The fourth-order valence-electron chi connectivity index (χ4n) is 1.42. The fraction of sp³-hybridized carbons (Fsp3) is 0.308. The number of nitrogens with zero attached hydrogens (tertiary/aromatic N) is 1. The zero-order valence-electron chi connectivity index (χ0n) is 10.7. The van der Waals surface area contributed by atoms with Crippen LogP contribution in [0.25, 0.3) is 0 Å². The highest BCUT2D eigenvalue weighted by molar-refractivity contribution is 6.55. The highest BCUT2D eigenvalue weighted by Gasteiger charge is 2.15. The van der Waals surface area contributed by atoms with Crippen LogP contribution in [0.5, 0.6) is 0 Å². The largest absolute Gasteiger partial charge is 0.322 e. The first-order valence-corrected chi connectivity index (χ1v) is 6.88. The average molecular weight is 322 g/mol. The van der Waals surface area contributed by atoms with Crippen LogP contribution in [0.1, 0.15) is 13.8 Å². The molecule has 0 aliphatic carbocycles. The molecule has 0 saturated heterocycles. The Labute approximate surface area is 128 Å². The molecule has 0 unspecified atom stereocenters. The molecule has 1 aromatic carbocycles. The van der Waals surface area contributed by atoms with Gasteiger partial charge in [-0.05, 0) is 44.2 Å². The van der Waals surface area contributed by atoms with Crippen molar-refractivity contribution >= 4 is 46.5 Å². The first-order chi connectivity index (χ1) is 8.90. The Morgan fingerprint density at radius 3 is 2.37 bits per heavy atom. The fourth-order valence-corrected chi connectivity index (χ4v) is 1.69. The monoisotopic (exact) mass is 320 g/mol. The summed E-state index contributed by atoms with van der Waals surface area (Å²) >= 11 is 16.9. The van der Waals surface area contributed by atoms with Crippen molar-refractivity contribution in [3.8, 4) is 0 Å². The van der Waals surface area contributed by atoms with E-state index in [-0.39, 0.29) is 16.6 Å². The number of rotatable bonds is 4. The summed E-state index contributed by atoms with van der Waals surface area (Å²) in [6.07, 6.45) is 1.57. The van der Waals surface area contributed by atoms with E-state index in [0.717, 1.165) is 0 Å². The van der Waals surface area contributed by atoms with Gasteiger partial charge in [0.2, 0.25) is 0 Å². The predicted molar refractivity (Wildman–Crippen MR) is 82.1 cm³/mol. The van der Waals surface area contributed by atoms with E-state index in [9.17, 15) is 4.79 Å². The van der Waals surface area contributed by atoms with Crippen LogP contribution < -0.4 is 5.32 Å². The lowest BCUT2D eigenvalue weighted by molar-refractivity contribution is 0.204. The first kappa shape index (κ1) is 16.2. The molecule has 1 aromatic rings. The number of halogens is 3. The van der Waals surface area contributed by atoms with E-state index < -0.39 is 0 Å². The van der Waals surface area contributed by atoms with Crippen LogP contribution in [0.3, 0.4) is 0 Å². The molecule has 6 heteroatoms. The molecule has 1 N–H and O–H groups in total. The minimum atomic E-state index is -0.219. The Morgan fingerprint density at radius 1 is 1.32 bits per heavy atom.